The van der Waals surface area contributed by atoms with Crippen molar-refractivity contribution in [1.82, 2.24) is 4.57 Å². The Morgan fingerprint density at radius 2 is 1.68 bits per heavy atom. The van der Waals surface area contributed by atoms with Crippen LogP contribution in [-0.2, 0) is 19.1 Å². The van der Waals surface area contributed by atoms with Crippen LogP contribution >= 0.6 is 11.3 Å². The van der Waals surface area contributed by atoms with Gasteiger partial charge in [-0.1, -0.05) is 29.5 Å². The number of fused-ring (bicyclic) bond motifs is 1. The average Bonchev–Trinajstić information content (AvgIpc) is 3.30. The molecule has 4 rings (SSSR count). The van der Waals surface area contributed by atoms with Gasteiger partial charge in [0.2, 0.25) is 0 Å². The van der Waals surface area contributed by atoms with Crippen molar-refractivity contribution in [2.45, 2.75) is 40.7 Å². The molecule has 11 nitrogen and oxygen atoms in total. The number of ether oxygens (including phenoxy) is 6. The Morgan fingerprint density at radius 3 is 2.36 bits per heavy atom. The zero-order chi connectivity index (χ0) is 31.8. The molecule has 0 saturated carbocycles. The number of thiazole rings is 1. The van der Waals surface area contributed by atoms with E-state index in [1.807, 2.05) is 13.8 Å². The molecule has 234 valence electrons. The number of aromatic nitrogens is 1. The fraction of sp³-hybridized carbons (Fsp3) is 0.375. The number of carbonyl (C=O) groups is 2. The Hall–Kier alpha value is -4.58. The van der Waals surface area contributed by atoms with Gasteiger partial charge in [-0.3, -0.25) is 9.36 Å². The summed E-state index contributed by atoms with van der Waals surface area (Å²) in [5.74, 6) is 0.615. The second-order valence-corrected chi connectivity index (χ2v) is 10.4. The monoisotopic (exact) mass is 624 g/mol. The third kappa shape index (κ3) is 6.80. The first kappa shape index (κ1) is 32.3. The number of hydrogen-bond donors (Lipinski definition) is 0. The van der Waals surface area contributed by atoms with Gasteiger partial charge in [-0.15, -0.1) is 0 Å². The van der Waals surface area contributed by atoms with Gasteiger partial charge in [-0.2, -0.15) is 0 Å². The lowest BCUT2D eigenvalue weighted by Crippen LogP contribution is -2.40. The molecular weight excluding hydrogens is 588 g/mol. The Morgan fingerprint density at radius 1 is 0.932 bits per heavy atom. The highest BCUT2D eigenvalue weighted by Gasteiger charge is 2.36. The molecule has 0 unspecified atom stereocenters. The van der Waals surface area contributed by atoms with Crippen LogP contribution < -0.4 is 33.8 Å². The van der Waals surface area contributed by atoms with Crippen LogP contribution in [0.15, 0.2) is 57.5 Å². The van der Waals surface area contributed by atoms with Crippen LogP contribution in [-0.4, -0.2) is 56.6 Å². The molecule has 0 amide bonds. The minimum Gasteiger partial charge on any atom is -0.493 e. The maximum Gasteiger partial charge on any atom is 0.344 e. The van der Waals surface area contributed by atoms with Gasteiger partial charge in [-0.05, 0) is 64.5 Å². The van der Waals surface area contributed by atoms with Crippen molar-refractivity contribution >= 4 is 29.4 Å². The molecule has 2 heterocycles. The van der Waals surface area contributed by atoms with Crippen LogP contribution in [0.4, 0.5) is 0 Å². The van der Waals surface area contributed by atoms with Crippen LogP contribution in [0.1, 0.15) is 51.8 Å². The Bertz CT molecular complexity index is 1740. The Kier molecular flexibility index (Phi) is 10.8. The van der Waals surface area contributed by atoms with Crippen LogP contribution in [0.25, 0.3) is 6.08 Å². The van der Waals surface area contributed by atoms with Gasteiger partial charge in [0.15, 0.2) is 34.4 Å². The average molecular weight is 625 g/mol. The second-order valence-electron chi connectivity index (χ2n) is 9.35. The lowest BCUT2D eigenvalue weighted by molar-refractivity contribution is -0.145. The largest absolute Gasteiger partial charge is 0.493 e. The summed E-state index contributed by atoms with van der Waals surface area (Å²) in [4.78, 5) is 44.3. The SMILES string of the molecule is CCOC(=O)COc1ccc(/C=c2/sc3n(c2=O)[C@H](c2cccc(OC)c2OCC)C(C(=O)OCC)=C(C)N=3)cc1OCC. The fourth-order valence-corrected chi connectivity index (χ4v) is 5.83. The molecule has 0 radical (unpaired) electrons. The maximum atomic E-state index is 14.1. The number of para-hydroxylation sites is 1. The summed E-state index contributed by atoms with van der Waals surface area (Å²) in [6.07, 6.45) is 1.72. The van der Waals surface area contributed by atoms with Gasteiger partial charge < -0.3 is 28.4 Å². The van der Waals surface area contributed by atoms with Gasteiger partial charge in [0.05, 0.1) is 49.3 Å². The highest BCUT2D eigenvalue weighted by molar-refractivity contribution is 7.07. The van der Waals surface area contributed by atoms with E-state index >= 15 is 0 Å². The molecule has 44 heavy (non-hydrogen) atoms. The number of allylic oxidation sites excluding steroid dienone is 1. The Balaban J connectivity index is 1.87. The van der Waals surface area contributed by atoms with E-state index in [0.29, 0.717) is 62.4 Å². The fourth-order valence-electron chi connectivity index (χ4n) is 4.79. The first-order chi connectivity index (χ1) is 21.3. The van der Waals surface area contributed by atoms with E-state index in [-0.39, 0.29) is 31.0 Å². The highest BCUT2D eigenvalue weighted by Crippen LogP contribution is 2.40. The van der Waals surface area contributed by atoms with Crippen LogP contribution in [0.5, 0.6) is 23.0 Å². The third-order valence-electron chi connectivity index (χ3n) is 6.55. The standard InChI is InChI=1S/C32H36N2O9S/c1-7-39-24-16-20(14-15-22(24)43-18-26(35)40-8-2)17-25-30(36)34-28(21-12-11-13-23(38-6)29(21)41-9-3)27(31(37)42-10-4)19(5)33-32(34)44-25/h11-17,28H,7-10,18H2,1-6H3/b25-17+/t28-/m1/s1. The summed E-state index contributed by atoms with van der Waals surface area (Å²) in [6, 6.07) is 9.62. The van der Waals surface area contributed by atoms with Gasteiger partial charge in [0, 0.05) is 5.56 Å². The molecule has 1 atom stereocenters. The lowest BCUT2D eigenvalue weighted by Gasteiger charge is -2.26. The number of hydrogen-bond acceptors (Lipinski definition) is 11. The van der Waals surface area contributed by atoms with E-state index in [4.69, 9.17) is 28.4 Å². The molecular formula is C32H36N2O9S. The number of benzene rings is 2. The molecule has 0 fully saturated rings. The van der Waals surface area contributed by atoms with Crippen molar-refractivity contribution in [2.75, 3.05) is 40.1 Å². The molecule has 12 heteroatoms. The van der Waals surface area contributed by atoms with Crippen molar-refractivity contribution in [3.05, 3.63) is 78.5 Å². The van der Waals surface area contributed by atoms with Gasteiger partial charge >= 0.3 is 11.9 Å². The van der Waals surface area contributed by atoms with Crippen molar-refractivity contribution in [2.24, 2.45) is 4.99 Å². The molecule has 1 aliphatic heterocycles. The van der Waals surface area contributed by atoms with E-state index in [0.717, 1.165) is 0 Å². The van der Waals surface area contributed by atoms with E-state index in [1.165, 1.54) is 23.0 Å². The quantitative estimate of drug-likeness (QED) is 0.263. The van der Waals surface area contributed by atoms with Crippen molar-refractivity contribution in [3.8, 4) is 23.0 Å². The van der Waals surface area contributed by atoms with Gasteiger partial charge in [0.1, 0.15) is 6.04 Å². The number of carbonyl (C=O) groups excluding carboxylic acids is 2. The normalized spacial score (nSPS) is 14.4. The molecule has 0 saturated heterocycles. The first-order valence-electron chi connectivity index (χ1n) is 14.3. The summed E-state index contributed by atoms with van der Waals surface area (Å²) in [5, 5.41) is 0. The Labute approximate surface area is 258 Å². The summed E-state index contributed by atoms with van der Waals surface area (Å²) in [7, 11) is 1.53. The van der Waals surface area contributed by atoms with E-state index in [2.05, 4.69) is 4.99 Å². The molecule has 3 aromatic rings. The van der Waals surface area contributed by atoms with E-state index in [1.54, 1.807) is 63.2 Å². The topological polar surface area (TPSA) is 124 Å². The first-order valence-corrected chi connectivity index (χ1v) is 15.1. The highest BCUT2D eigenvalue weighted by atomic mass is 32.1. The lowest BCUT2D eigenvalue weighted by atomic mass is 9.94. The molecule has 0 spiro atoms. The van der Waals surface area contributed by atoms with Crippen molar-refractivity contribution in [1.29, 1.82) is 0 Å². The number of esters is 2. The smallest absolute Gasteiger partial charge is 0.344 e. The van der Waals surface area contributed by atoms with Crippen LogP contribution in [0.2, 0.25) is 0 Å². The predicted octanol–water partition coefficient (Wildman–Crippen LogP) is 3.55. The van der Waals surface area contributed by atoms with E-state index < -0.39 is 18.0 Å². The second kappa shape index (κ2) is 14.7. The summed E-state index contributed by atoms with van der Waals surface area (Å²) in [5.41, 5.74) is 1.56. The van der Waals surface area contributed by atoms with E-state index in [9.17, 15) is 14.4 Å². The minimum atomic E-state index is -0.873. The molecule has 0 bridgehead atoms. The third-order valence-corrected chi connectivity index (χ3v) is 7.53. The van der Waals surface area contributed by atoms with Crippen LogP contribution in [0.3, 0.4) is 0 Å². The predicted molar refractivity (Wildman–Crippen MR) is 164 cm³/mol. The molecule has 0 N–H and O–H groups in total. The van der Waals surface area contributed by atoms with Gasteiger partial charge in [0.25, 0.3) is 5.56 Å². The molecule has 1 aliphatic rings. The zero-order valence-electron chi connectivity index (χ0n) is 25.6. The molecule has 2 aromatic carbocycles. The van der Waals surface area contributed by atoms with Crippen LogP contribution in [0, 0.1) is 0 Å². The number of rotatable bonds is 13. The zero-order valence-corrected chi connectivity index (χ0v) is 26.4. The molecule has 0 aliphatic carbocycles. The van der Waals surface area contributed by atoms with Crippen molar-refractivity contribution < 1.29 is 38.0 Å². The summed E-state index contributed by atoms with van der Waals surface area (Å²) < 4.78 is 35.1. The number of methoxy groups -OCH3 is 1. The maximum absolute atomic E-state index is 14.1. The minimum absolute atomic E-state index is 0.158. The molecule has 1 aromatic heterocycles. The number of nitrogens with zero attached hydrogens (tertiary/aromatic N) is 2. The summed E-state index contributed by atoms with van der Waals surface area (Å²) in [6.45, 7) is 9.69. The van der Waals surface area contributed by atoms with Crippen molar-refractivity contribution in [3.63, 3.8) is 0 Å². The van der Waals surface area contributed by atoms with Gasteiger partial charge in [-0.25, -0.2) is 14.6 Å². The summed E-state index contributed by atoms with van der Waals surface area (Å²) >= 11 is 1.19.